The lowest BCUT2D eigenvalue weighted by atomic mass is 10.0. The second-order valence-electron chi connectivity index (χ2n) is 5.28. The van der Waals surface area contributed by atoms with Gasteiger partial charge in [-0.3, -0.25) is 4.79 Å². The first-order valence-corrected chi connectivity index (χ1v) is 7.02. The Labute approximate surface area is 119 Å². The Bertz CT molecular complexity index is 510. The summed E-state index contributed by atoms with van der Waals surface area (Å²) in [5.41, 5.74) is 7.95. The highest BCUT2D eigenvalue weighted by molar-refractivity contribution is 5.97. The van der Waals surface area contributed by atoms with E-state index in [9.17, 15) is 4.79 Å². The zero-order chi connectivity index (χ0) is 14.5. The standard InChI is InChI=1S/C15H22N4O/c1-11(2)18-15(16)17-10-14(20)19-9-5-7-12-6-3-4-8-13(12)19/h3-4,6,8,11H,5,7,9-10H2,1-2H3,(H3,16,17,18). The van der Waals surface area contributed by atoms with E-state index in [-0.39, 0.29) is 18.5 Å². The average Bonchev–Trinajstić information content (AvgIpc) is 2.43. The molecule has 0 atom stereocenters. The van der Waals surface area contributed by atoms with Gasteiger partial charge in [0.15, 0.2) is 5.96 Å². The number of rotatable bonds is 3. The van der Waals surface area contributed by atoms with Crippen molar-refractivity contribution in [3.8, 4) is 0 Å². The Morgan fingerprint density at radius 2 is 2.20 bits per heavy atom. The van der Waals surface area contributed by atoms with Crippen molar-refractivity contribution in [1.29, 1.82) is 0 Å². The predicted octanol–water partition coefficient (Wildman–Crippen LogP) is 1.28. The molecule has 3 N–H and O–H groups in total. The zero-order valence-electron chi connectivity index (χ0n) is 12.1. The molecule has 1 aromatic rings. The summed E-state index contributed by atoms with van der Waals surface area (Å²) in [5.74, 6) is 0.310. The SMILES string of the molecule is CC(C)NC(N)=NCC(=O)N1CCCc2ccccc21. The summed E-state index contributed by atoms with van der Waals surface area (Å²) < 4.78 is 0. The molecule has 0 aromatic heterocycles. The minimum Gasteiger partial charge on any atom is -0.370 e. The number of nitrogens with zero attached hydrogens (tertiary/aromatic N) is 2. The van der Waals surface area contributed by atoms with E-state index in [1.165, 1.54) is 5.56 Å². The first-order chi connectivity index (χ1) is 9.58. The number of nitrogens with two attached hydrogens (primary N) is 1. The molecule has 0 fully saturated rings. The minimum atomic E-state index is -0.00865. The third-order valence-corrected chi connectivity index (χ3v) is 3.23. The molecule has 5 heteroatoms. The number of benzene rings is 1. The quantitative estimate of drug-likeness (QED) is 0.644. The van der Waals surface area contributed by atoms with Crippen LogP contribution in [-0.4, -0.2) is 31.0 Å². The van der Waals surface area contributed by atoms with Crippen LogP contribution in [0.1, 0.15) is 25.8 Å². The molecule has 5 nitrogen and oxygen atoms in total. The number of fused-ring (bicyclic) bond motifs is 1. The maximum Gasteiger partial charge on any atom is 0.248 e. The molecule has 1 aromatic carbocycles. The van der Waals surface area contributed by atoms with E-state index in [1.54, 1.807) is 0 Å². The van der Waals surface area contributed by atoms with Gasteiger partial charge in [0.1, 0.15) is 6.54 Å². The van der Waals surface area contributed by atoms with Crippen LogP contribution >= 0.6 is 0 Å². The van der Waals surface area contributed by atoms with E-state index in [4.69, 9.17) is 5.73 Å². The van der Waals surface area contributed by atoms with Crippen molar-refractivity contribution >= 4 is 17.6 Å². The largest absolute Gasteiger partial charge is 0.370 e. The fraction of sp³-hybridized carbons (Fsp3) is 0.467. The highest BCUT2D eigenvalue weighted by Gasteiger charge is 2.21. The van der Waals surface area contributed by atoms with E-state index in [0.717, 1.165) is 25.1 Å². The molecule has 0 unspecified atom stereocenters. The molecule has 0 aliphatic carbocycles. The number of nitrogens with one attached hydrogen (secondary N) is 1. The van der Waals surface area contributed by atoms with Crippen LogP contribution in [0.15, 0.2) is 29.3 Å². The fourth-order valence-corrected chi connectivity index (χ4v) is 2.37. The molecule has 0 saturated carbocycles. The van der Waals surface area contributed by atoms with Gasteiger partial charge in [-0.1, -0.05) is 18.2 Å². The van der Waals surface area contributed by atoms with E-state index >= 15 is 0 Å². The number of carbonyl (C=O) groups is 1. The van der Waals surface area contributed by atoms with Crippen LogP contribution in [0.5, 0.6) is 0 Å². The molecule has 0 radical (unpaired) electrons. The van der Waals surface area contributed by atoms with Crippen LogP contribution in [0.4, 0.5) is 5.69 Å². The van der Waals surface area contributed by atoms with Gasteiger partial charge in [-0.05, 0) is 38.3 Å². The first kappa shape index (κ1) is 14.4. The molecule has 0 saturated heterocycles. The predicted molar refractivity (Wildman–Crippen MR) is 81.9 cm³/mol. The van der Waals surface area contributed by atoms with Gasteiger partial charge >= 0.3 is 0 Å². The van der Waals surface area contributed by atoms with Gasteiger partial charge in [0.25, 0.3) is 0 Å². The van der Waals surface area contributed by atoms with E-state index in [0.29, 0.717) is 5.96 Å². The Kier molecular flexibility index (Phi) is 4.61. The Hall–Kier alpha value is -2.04. The Balaban J connectivity index is 2.04. The number of hydrogen-bond donors (Lipinski definition) is 2. The van der Waals surface area contributed by atoms with Crippen LogP contribution in [-0.2, 0) is 11.2 Å². The number of anilines is 1. The maximum atomic E-state index is 12.3. The van der Waals surface area contributed by atoms with Crippen molar-refractivity contribution in [1.82, 2.24) is 5.32 Å². The number of para-hydroxylation sites is 1. The van der Waals surface area contributed by atoms with Gasteiger partial charge in [-0.2, -0.15) is 0 Å². The van der Waals surface area contributed by atoms with Gasteiger partial charge in [0.2, 0.25) is 5.91 Å². The van der Waals surface area contributed by atoms with Crippen molar-refractivity contribution in [3.05, 3.63) is 29.8 Å². The normalized spacial score (nSPS) is 15.2. The van der Waals surface area contributed by atoms with E-state index in [2.05, 4.69) is 16.4 Å². The molecule has 2 rings (SSSR count). The maximum absolute atomic E-state index is 12.3. The summed E-state index contributed by atoms with van der Waals surface area (Å²) in [6.45, 7) is 4.79. The first-order valence-electron chi connectivity index (χ1n) is 7.02. The van der Waals surface area contributed by atoms with Gasteiger partial charge < -0.3 is 16.0 Å². The van der Waals surface area contributed by atoms with Crippen molar-refractivity contribution in [2.24, 2.45) is 10.7 Å². The Morgan fingerprint density at radius 1 is 1.45 bits per heavy atom. The van der Waals surface area contributed by atoms with E-state index < -0.39 is 0 Å². The summed E-state index contributed by atoms with van der Waals surface area (Å²) in [6, 6.07) is 8.25. The minimum absolute atomic E-state index is 0.00865. The van der Waals surface area contributed by atoms with Gasteiger partial charge in [0, 0.05) is 18.3 Å². The third kappa shape index (κ3) is 3.50. The van der Waals surface area contributed by atoms with Crippen molar-refractivity contribution in [2.75, 3.05) is 18.0 Å². The monoisotopic (exact) mass is 274 g/mol. The smallest absolute Gasteiger partial charge is 0.248 e. The van der Waals surface area contributed by atoms with Gasteiger partial charge in [-0.15, -0.1) is 0 Å². The number of guanidine groups is 1. The molecule has 1 aliphatic heterocycles. The zero-order valence-corrected chi connectivity index (χ0v) is 12.1. The number of carbonyl (C=O) groups excluding carboxylic acids is 1. The molecule has 108 valence electrons. The molecule has 20 heavy (non-hydrogen) atoms. The summed E-state index contributed by atoms with van der Waals surface area (Å²) >= 11 is 0. The molecular weight excluding hydrogens is 252 g/mol. The molecular formula is C15H22N4O. The second kappa shape index (κ2) is 6.41. The summed E-state index contributed by atoms with van der Waals surface area (Å²) in [5, 5.41) is 2.98. The molecule has 1 heterocycles. The van der Waals surface area contributed by atoms with Crippen LogP contribution in [0, 0.1) is 0 Å². The van der Waals surface area contributed by atoms with Crippen LogP contribution in [0.25, 0.3) is 0 Å². The van der Waals surface area contributed by atoms with Crippen molar-refractivity contribution in [3.63, 3.8) is 0 Å². The molecule has 0 spiro atoms. The van der Waals surface area contributed by atoms with Gasteiger partial charge in [-0.25, -0.2) is 4.99 Å². The Morgan fingerprint density at radius 3 is 2.95 bits per heavy atom. The van der Waals surface area contributed by atoms with Crippen molar-refractivity contribution < 1.29 is 4.79 Å². The highest BCUT2D eigenvalue weighted by Crippen LogP contribution is 2.26. The highest BCUT2D eigenvalue weighted by atomic mass is 16.2. The van der Waals surface area contributed by atoms with Gasteiger partial charge in [0.05, 0.1) is 0 Å². The number of amides is 1. The molecule has 0 bridgehead atoms. The second-order valence-corrected chi connectivity index (χ2v) is 5.28. The lowest BCUT2D eigenvalue weighted by molar-refractivity contribution is -0.117. The van der Waals surface area contributed by atoms with Crippen molar-refractivity contribution in [2.45, 2.75) is 32.7 Å². The van der Waals surface area contributed by atoms with E-state index in [1.807, 2.05) is 36.9 Å². The lowest BCUT2D eigenvalue weighted by Gasteiger charge is -2.29. The lowest BCUT2D eigenvalue weighted by Crippen LogP contribution is -2.40. The number of hydrogen-bond acceptors (Lipinski definition) is 2. The van der Waals surface area contributed by atoms with Crippen LogP contribution < -0.4 is 16.0 Å². The number of aliphatic imine (C=N–C) groups is 1. The summed E-state index contributed by atoms with van der Waals surface area (Å²) in [4.78, 5) is 18.2. The summed E-state index contributed by atoms with van der Waals surface area (Å²) in [6.07, 6.45) is 2.02. The molecule has 1 amide bonds. The summed E-state index contributed by atoms with van der Waals surface area (Å²) in [7, 11) is 0. The number of aryl methyl sites for hydroxylation is 1. The van der Waals surface area contributed by atoms with Crippen LogP contribution in [0.2, 0.25) is 0 Å². The topological polar surface area (TPSA) is 70.7 Å². The third-order valence-electron chi connectivity index (χ3n) is 3.23. The molecule has 1 aliphatic rings. The fourth-order valence-electron chi connectivity index (χ4n) is 2.37. The van der Waals surface area contributed by atoms with Crippen LogP contribution in [0.3, 0.4) is 0 Å². The average molecular weight is 274 g/mol.